The van der Waals surface area contributed by atoms with Crippen molar-refractivity contribution >= 4 is 34.6 Å². The zero-order valence-corrected chi connectivity index (χ0v) is 26.6. The summed E-state index contributed by atoms with van der Waals surface area (Å²) in [4.78, 5) is 27.2. The van der Waals surface area contributed by atoms with Gasteiger partial charge in [-0.2, -0.15) is 0 Å². The van der Waals surface area contributed by atoms with Crippen LogP contribution in [0.15, 0.2) is 72.8 Å². The Kier molecular flexibility index (Phi) is 7.09. The fourth-order valence-electron chi connectivity index (χ4n) is 11.3. The van der Waals surface area contributed by atoms with Crippen molar-refractivity contribution in [2.75, 3.05) is 10.6 Å². The normalized spacial score (nSPS) is 34.7. The Balaban J connectivity index is 0.858. The van der Waals surface area contributed by atoms with Crippen molar-refractivity contribution in [2.24, 2.45) is 47.3 Å². The van der Waals surface area contributed by atoms with Crippen molar-refractivity contribution in [1.29, 1.82) is 0 Å². The van der Waals surface area contributed by atoms with Gasteiger partial charge in [0.1, 0.15) is 0 Å². The Morgan fingerprint density at radius 3 is 1.11 bits per heavy atom. The molecular weight excluding hydrogens is 568 g/mol. The molecule has 0 atom stereocenters. The van der Waals surface area contributed by atoms with Gasteiger partial charge in [0, 0.05) is 23.5 Å². The minimum Gasteiger partial charge on any atom is -0.355 e. The molecule has 8 aliphatic carbocycles. The minimum absolute atomic E-state index is 0.0300. The van der Waals surface area contributed by atoms with Crippen LogP contribution in [0, 0.1) is 47.3 Å². The topological polar surface area (TPSA) is 82.3 Å². The molecule has 4 N–H and O–H groups in total. The number of para-hydroxylation sites is 2. The van der Waals surface area contributed by atoms with Crippen molar-refractivity contribution in [3.63, 3.8) is 0 Å². The maximum Gasteiger partial charge on any atom is 0.253 e. The van der Waals surface area contributed by atoms with Crippen LogP contribution < -0.4 is 21.3 Å². The maximum atomic E-state index is 13.6. The molecule has 8 saturated carbocycles. The highest BCUT2D eigenvalue weighted by Gasteiger charge is 2.50. The molecule has 8 aliphatic rings. The first-order valence-corrected chi connectivity index (χ1v) is 18.0. The largest absolute Gasteiger partial charge is 0.355 e. The van der Waals surface area contributed by atoms with E-state index in [1.807, 2.05) is 72.8 Å². The van der Waals surface area contributed by atoms with E-state index in [-0.39, 0.29) is 11.8 Å². The summed E-state index contributed by atoms with van der Waals surface area (Å²) in [7, 11) is 0. The van der Waals surface area contributed by atoms with Gasteiger partial charge in [0.2, 0.25) is 0 Å². The first kappa shape index (κ1) is 28.4. The highest BCUT2D eigenvalue weighted by Crippen LogP contribution is 2.55. The lowest BCUT2D eigenvalue weighted by Gasteiger charge is -2.54. The van der Waals surface area contributed by atoms with Crippen molar-refractivity contribution in [3.05, 3.63) is 83.9 Å². The lowest BCUT2D eigenvalue weighted by Crippen LogP contribution is -2.55. The number of benzene rings is 3. The van der Waals surface area contributed by atoms with Crippen LogP contribution >= 0.6 is 0 Å². The third kappa shape index (κ3) is 5.28. The molecule has 3 aromatic rings. The summed E-state index contributed by atoms with van der Waals surface area (Å²) in [6.45, 7) is 0. The van der Waals surface area contributed by atoms with E-state index in [9.17, 15) is 9.59 Å². The van der Waals surface area contributed by atoms with Crippen LogP contribution in [-0.4, -0.2) is 23.9 Å². The van der Waals surface area contributed by atoms with Crippen molar-refractivity contribution in [2.45, 2.75) is 76.3 Å². The van der Waals surface area contributed by atoms with Crippen LogP contribution in [0.2, 0.25) is 0 Å². The third-order valence-corrected chi connectivity index (χ3v) is 12.8. The number of rotatable bonds is 8. The average molecular weight is 615 g/mol. The Labute approximate surface area is 272 Å². The van der Waals surface area contributed by atoms with Gasteiger partial charge >= 0.3 is 0 Å². The van der Waals surface area contributed by atoms with Crippen LogP contribution in [0.4, 0.5) is 22.7 Å². The summed E-state index contributed by atoms with van der Waals surface area (Å²) in [5, 5.41) is 13.9. The van der Waals surface area contributed by atoms with Gasteiger partial charge < -0.3 is 21.3 Å². The lowest BCUT2D eigenvalue weighted by molar-refractivity contribution is -0.0119. The van der Waals surface area contributed by atoms with Gasteiger partial charge in [-0.25, -0.2) is 0 Å². The second-order valence-corrected chi connectivity index (χ2v) is 15.8. The molecular formula is C40H46N4O2. The number of hydrogen-bond acceptors (Lipinski definition) is 4. The molecule has 6 nitrogen and oxygen atoms in total. The highest BCUT2D eigenvalue weighted by molar-refractivity contribution is 6.01. The van der Waals surface area contributed by atoms with Gasteiger partial charge in [-0.3, -0.25) is 9.59 Å². The molecule has 0 aromatic heterocycles. The van der Waals surface area contributed by atoms with E-state index in [1.54, 1.807) is 0 Å². The van der Waals surface area contributed by atoms with E-state index >= 15 is 0 Å². The van der Waals surface area contributed by atoms with Gasteiger partial charge in [-0.15, -0.1) is 0 Å². The van der Waals surface area contributed by atoms with Gasteiger partial charge in [-0.1, -0.05) is 24.3 Å². The average Bonchev–Trinajstić information content (AvgIpc) is 3.05. The molecule has 2 amide bonds. The summed E-state index contributed by atoms with van der Waals surface area (Å²) in [6.07, 6.45) is 13.1. The summed E-state index contributed by atoms with van der Waals surface area (Å²) in [5.41, 5.74) is 4.84. The zero-order valence-electron chi connectivity index (χ0n) is 26.6. The van der Waals surface area contributed by atoms with Crippen LogP contribution in [0.25, 0.3) is 0 Å². The summed E-state index contributed by atoms with van der Waals surface area (Å²) in [6, 6.07) is 24.4. The van der Waals surface area contributed by atoms with Gasteiger partial charge in [-0.05, 0) is 160 Å². The minimum atomic E-state index is 0.0300. The Bertz CT molecular complexity index is 1460. The van der Waals surface area contributed by atoms with Crippen LogP contribution in [0.3, 0.4) is 0 Å². The number of carbonyl (C=O) groups is 2. The van der Waals surface area contributed by atoms with Crippen LogP contribution in [-0.2, 0) is 0 Å². The predicted molar refractivity (Wildman–Crippen MR) is 182 cm³/mol. The smallest absolute Gasteiger partial charge is 0.253 e. The van der Waals surface area contributed by atoms with E-state index in [4.69, 9.17) is 0 Å². The summed E-state index contributed by atoms with van der Waals surface area (Å²) >= 11 is 0. The molecule has 0 aliphatic heterocycles. The van der Waals surface area contributed by atoms with Gasteiger partial charge in [0.15, 0.2) is 0 Å². The van der Waals surface area contributed by atoms with E-state index in [0.29, 0.717) is 46.9 Å². The number of hydrogen-bond donors (Lipinski definition) is 4. The molecule has 6 heteroatoms. The molecule has 11 rings (SSSR count). The first-order valence-electron chi connectivity index (χ1n) is 18.0. The van der Waals surface area contributed by atoms with Crippen LogP contribution in [0.1, 0.15) is 84.9 Å². The number of nitrogens with one attached hydrogen (secondary N) is 4. The first-order chi connectivity index (χ1) is 22.5. The molecule has 0 spiro atoms. The molecule has 46 heavy (non-hydrogen) atoms. The zero-order chi connectivity index (χ0) is 30.8. The van der Waals surface area contributed by atoms with Gasteiger partial charge in [0.05, 0.1) is 22.5 Å². The van der Waals surface area contributed by atoms with Crippen molar-refractivity contribution < 1.29 is 9.59 Å². The predicted octanol–water partition coefficient (Wildman–Crippen LogP) is 8.28. The second-order valence-electron chi connectivity index (χ2n) is 15.8. The highest BCUT2D eigenvalue weighted by atomic mass is 16.2. The monoisotopic (exact) mass is 614 g/mol. The fourth-order valence-corrected chi connectivity index (χ4v) is 11.3. The van der Waals surface area contributed by atoms with Crippen LogP contribution in [0.5, 0.6) is 0 Å². The summed E-state index contributed by atoms with van der Waals surface area (Å²) in [5.74, 6) is 6.20. The quantitative estimate of drug-likeness (QED) is 0.206. The molecule has 0 unspecified atom stereocenters. The molecule has 8 bridgehead atoms. The Morgan fingerprint density at radius 1 is 0.435 bits per heavy atom. The fraction of sp³-hybridized carbons (Fsp3) is 0.500. The third-order valence-electron chi connectivity index (χ3n) is 12.8. The number of carbonyl (C=O) groups excluding carboxylic acids is 2. The molecule has 8 fully saturated rings. The van der Waals surface area contributed by atoms with Crippen molar-refractivity contribution in [3.8, 4) is 0 Å². The Morgan fingerprint density at radius 2 is 0.761 bits per heavy atom. The molecule has 0 heterocycles. The number of amides is 2. The van der Waals surface area contributed by atoms with Crippen molar-refractivity contribution in [1.82, 2.24) is 10.6 Å². The van der Waals surface area contributed by atoms with E-state index in [1.165, 1.54) is 64.2 Å². The molecule has 0 radical (unpaired) electrons. The molecule has 3 aromatic carbocycles. The van der Waals surface area contributed by atoms with E-state index < -0.39 is 0 Å². The molecule has 238 valence electrons. The van der Waals surface area contributed by atoms with E-state index in [0.717, 1.165) is 46.4 Å². The lowest BCUT2D eigenvalue weighted by atomic mass is 9.54. The second kappa shape index (κ2) is 11.5. The molecule has 0 saturated heterocycles. The Hall–Kier alpha value is -3.80. The van der Waals surface area contributed by atoms with E-state index in [2.05, 4.69) is 21.3 Å². The maximum absolute atomic E-state index is 13.6. The summed E-state index contributed by atoms with van der Waals surface area (Å²) < 4.78 is 0. The standard InChI is InChI=1S/C40H46N4O2/c45-39(43-37-27-15-23-13-24(17-27)18-28(37)16-23)33-5-1-3-7-35(33)41-31-9-11-32(12-10-31)42-36-8-4-2-6-34(36)40(46)44-38-29-19-25-14-26(21-29)22-30(38)20-25/h1-12,23-30,37-38,41-42H,13-22H2,(H,43,45)(H,44,46). The number of anilines is 4. The SMILES string of the molecule is O=C(NC1C2CC3CC(C2)CC1C3)c1ccccc1Nc1ccc(Nc2ccccc2C(=O)NC2C3CC4CC(C3)CC2C4)cc1. The van der Waals surface area contributed by atoms with Gasteiger partial charge in [0.25, 0.3) is 11.8 Å².